The molecule has 0 amide bonds. The zero-order chi connectivity index (χ0) is 13.2. The number of nitrogens with zero attached hydrogens (tertiary/aromatic N) is 6. The molecule has 1 saturated heterocycles. The zero-order valence-electron chi connectivity index (χ0n) is 11.3. The minimum absolute atomic E-state index is 0.831. The number of aryl methyl sites for hydroxylation is 1. The number of tetrazole rings is 1. The van der Waals surface area contributed by atoms with Crippen LogP contribution in [0.4, 0.5) is 5.95 Å². The number of anilines is 1. The van der Waals surface area contributed by atoms with Crippen LogP contribution in [-0.4, -0.2) is 58.3 Å². The third kappa shape index (κ3) is 2.44. The van der Waals surface area contributed by atoms with E-state index < -0.39 is 0 Å². The molecule has 0 bridgehead atoms. The molecule has 0 aliphatic carbocycles. The lowest BCUT2D eigenvalue weighted by Crippen LogP contribution is -2.45. The summed E-state index contributed by atoms with van der Waals surface area (Å²) in [6.45, 7) is 6.08. The summed E-state index contributed by atoms with van der Waals surface area (Å²) in [5.74, 6) is 0.831. The van der Waals surface area contributed by atoms with Crippen molar-refractivity contribution in [2.75, 3.05) is 38.1 Å². The van der Waals surface area contributed by atoms with Crippen LogP contribution in [0.3, 0.4) is 0 Å². The van der Waals surface area contributed by atoms with Crippen LogP contribution in [0.5, 0.6) is 0 Å². The van der Waals surface area contributed by atoms with Crippen LogP contribution in [-0.2, 0) is 0 Å². The molecule has 1 aromatic heterocycles. The van der Waals surface area contributed by atoms with Gasteiger partial charge in [0.2, 0.25) is 5.95 Å². The molecule has 0 atom stereocenters. The van der Waals surface area contributed by atoms with Crippen molar-refractivity contribution in [2.45, 2.75) is 6.92 Å². The highest BCUT2D eigenvalue weighted by Crippen LogP contribution is 2.17. The topological polar surface area (TPSA) is 50.1 Å². The van der Waals surface area contributed by atoms with Crippen LogP contribution < -0.4 is 4.90 Å². The lowest BCUT2D eigenvalue weighted by Gasteiger charge is -2.32. The van der Waals surface area contributed by atoms with E-state index in [1.54, 1.807) is 0 Å². The molecule has 0 spiro atoms. The fraction of sp³-hybridized carbons (Fsp3) is 0.462. The average molecular weight is 258 g/mol. The third-order valence-electron chi connectivity index (χ3n) is 3.52. The van der Waals surface area contributed by atoms with Gasteiger partial charge in [0.15, 0.2) is 0 Å². The van der Waals surface area contributed by atoms with E-state index in [2.05, 4.69) is 51.4 Å². The van der Waals surface area contributed by atoms with Gasteiger partial charge in [0.25, 0.3) is 0 Å². The first-order valence-electron chi connectivity index (χ1n) is 6.53. The van der Waals surface area contributed by atoms with Crippen molar-refractivity contribution in [1.82, 2.24) is 25.1 Å². The maximum absolute atomic E-state index is 4.17. The lowest BCUT2D eigenvalue weighted by molar-refractivity contribution is 0.310. The van der Waals surface area contributed by atoms with Gasteiger partial charge in [-0.1, -0.05) is 22.8 Å². The highest BCUT2D eigenvalue weighted by molar-refractivity contribution is 5.42. The van der Waals surface area contributed by atoms with Crippen LogP contribution in [0.2, 0.25) is 0 Å². The standard InChI is InChI=1S/C13H18N6/c1-11-3-5-12(6-4-11)19-13(14-15-16-19)18-9-7-17(2)8-10-18/h3-6H,7-10H2,1-2H3. The van der Waals surface area contributed by atoms with E-state index in [0.29, 0.717) is 0 Å². The first-order chi connectivity index (χ1) is 9.24. The Morgan fingerprint density at radius 1 is 1.00 bits per heavy atom. The van der Waals surface area contributed by atoms with E-state index in [9.17, 15) is 0 Å². The molecule has 1 fully saturated rings. The van der Waals surface area contributed by atoms with E-state index in [1.165, 1.54) is 5.56 Å². The highest BCUT2D eigenvalue weighted by atomic mass is 15.6. The number of hydrogen-bond acceptors (Lipinski definition) is 5. The molecule has 0 N–H and O–H groups in total. The molecule has 0 radical (unpaired) electrons. The first kappa shape index (κ1) is 12.1. The minimum atomic E-state index is 0.831. The monoisotopic (exact) mass is 258 g/mol. The van der Waals surface area contributed by atoms with Crippen LogP contribution in [0, 0.1) is 6.92 Å². The second kappa shape index (κ2) is 4.97. The predicted molar refractivity (Wildman–Crippen MR) is 73.6 cm³/mol. The Labute approximate surface area is 112 Å². The number of piperazine rings is 1. The molecule has 6 heteroatoms. The molecule has 3 rings (SSSR count). The van der Waals surface area contributed by atoms with Crippen molar-refractivity contribution in [3.05, 3.63) is 29.8 Å². The summed E-state index contributed by atoms with van der Waals surface area (Å²) >= 11 is 0. The zero-order valence-corrected chi connectivity index (χ0v) is 11.3. The van der Waals surface area contributed by atoms with Gasteiger partial charge in [-0.15, -0.1) is 0 Å². The number of likely N-dealkylation sites (N-methyl/N-ethyl adjacent to an activating group) is 1. The molecular formula is C13H18N6. The summed E-state index contributed by atoms with van der Waals surface area (Å²) in [5, 5.41) is 12.1. The molecule has 0 unspecified atom stereocenters. The fourth-order valence-electron chi connectivity index (χ4n) is 2.24. The number of rotatable bonds is 2. The molecule has 19 heavy (non-hydrogen) atoms. The molecule has 1 aliphatic heterocycles. The van der Waals surface area contributed by atoms with Gasteiger partial charge < -0.3 is 9.80 Å². The Hall–Kier alpha value is -1.95. The Bertz CT molecular complexity index is 539. The van der Waals surface area contributed by atoms with Crippen molar-refractivity contribution in [3.8, 4) is 5.69 Å². The summed E-state index contributed by atoms with van der Waals surface area (Å²) in [4.78, 5) is 4.55. The largest absolute Gasteiger partial charge is 0.337 e. The molecule has 100 valence electrons. The number of benzene rings is 1. The van der Waals surface area contributed by atoms with E-state index >= 15 is 0 Å². The van der Waals surface area contributed by atoms with E-state index in [4.69, 9.17) is 0 Å². The highest BCUT2D eigenvalue weighted by Gasteiger charge is 2.20. The summed E-state index contributed by atoms with van der Waals surface area (Å²) in [5.41, 5.74) is 2.24. The van der Waals surface area contributed by atoms with Crippen LogP contribution in [0.15, 0.2) is 24.3 Å². The van der Waals surface area contributed by atoms with Gasteiger partial charge in [0.05, 0.1) is 5.69 Å². The average Bonchev–Trinajstić information content (AvgIpc) is 2.90. The smallest absolute Gasteiger partial charge is 0.250 e. The Morgan fingerprint density at radius 3 is 2.37 bits per heavy atom. The van der Waals surface area contributed by atoms with Crippen molar-refractivity contribution in [2.24, 2.45) is 0 Å². The second-order valence-electron chi connectivity index (χ2n) is 5.02. The Morgan fingerprint density at radius 2 is 1.68 bits per heavy atom. The van der Waals surface area contributed by atoms with Crippen molar-refractivity contribution < 1.29 is 0 Å². The summed E-state index contributed by atoms with van der Waals surface area (Å²) < 4.78 is 1.81. The molecule has 2 aromatic rings. The molecule has 2 heterocycles. The van der Waals surface area contributed by atoms with Gasteiger partial charge in [0.1, 0.15) is 0 Å². The molecule has 6 nitrogen and oxygen atoms in total. The second-order valence-corrected chi connectivity index (χ2v) is 5.02. The van der Waals surface area contributed by atoms with Crippen molar-refractivity contribution in [3.63, 3.8) is 0 Å². The summed E-state index contributed by atoms with van der Waals surface area (Å²) in [6, 6.07) is 8.24. The maximum Gasteiger partial charge on any atom is 0.250 e. The van der Waals surface area contributed by atoms with Gasteiger partial charge in [-0.25, -0.2) is 0 Å². The third-order valence-corrected chi connectivity index (χ3v) is 3.52. The molecule has 1 aliphatic rings. The Kier molecular flexibility index (Phi) is 3.16. The van der Waals surface area contributed by atoms with Crippen molar-refractivity contribution in [1.29, 1.82) is 0 Å². The molecular weight excluding hydrogens is 240 g/mol. The predicted octanol–water partition coefficient (Wildman–Crippen LogP) is 0.723. The Balaban J connectivity index is 1.88. The van der Waals surface area contributed by atoms with Gasteiger partial charge in [-0.2, -0.15) is 4.68 Å². The van der Waals surface area contributed by atoms with Crippen LogP contribution in [0.1, 0.15) is 5.56 Å². The summed E-state index contributed by atoms with van der Waals surface area (Å²) in [7, 11) is 2.14. The lowest BCUT2D eigenvalue weighted by atomic mass is 10.2. The van der Waals surface area contributed by atoms with Gasteiger partial charge in [-0.3, -0.25) is 0 Å². The van der Waals surface area contributed by atoms with E-state index in [1.807, 2.05) is 16.8 Å². The number of aromatic nitrogens is 4. The minimum Gasteiger partial charge on any atom is -0.337 e. The van der Waals surface area contributed by atoms with Crippen LogP contribution >= 0.6 is 0 Å². The first-order valence-corrected chi connectivity index (χ1v) is 6.53. The SMILES string of the molecule is Cc1ccc(-n2nnnc2N2CCN(C)CC2)cc1. The van der Waals surface area contributed by atoms with Gasteiger partial charge >= 0.3 is 0 Å². The quantitative estimate of drug-likeness (QED) is 0.794. The normalized spacial score (nSPS) is 16.8. The van der Waals surface area contributed by atoms with Gasteiger partial charge in [-0.05, 0) is 36.5 Å². The van der Waals surface area contributed by atoms with Gasteiger partial charge in [0, 0.05) is 26.2 Å². The van der Waals surface area contributed by atoms with E-state index in [0.717, 1.165) is 37.8 Å². The fourth-order valence-corrected chi connectivity index (χ4v) is 2.24. The maximum atomic E-state index is 4.17. The molecule has 1 aromatic carbocycles. The van der Waals surface area contributed by atoms with Crippen LogP contribution in [0.25, 0.3) is 5.69 Å². The number of hydrogen-bond donors (Lipinski definition) is 0. The van der Waals surface area contributed by atoms with E-state index in [-0.39, 0.29) is 0 Å². The molecule has 0 saturated carbocycles. The van der Waals surface area contributed by atoms with Crippen molar-refractivity contribution >= 4 is 5.95 Å². The summed E-state index contributed by atoms with van der Waals surface area (Å²) in [6.07, 6.45) is 0.